The molecule has 2 N–H and O–H groups in total. The molecule has 21 heavy (non-hydrogen) atoms. The zero-order valence-corrected chi connectivity index (χ0v) is 12.0. The van der Waals surface area contributed by atoms with Crippen LogP contribution in [0, 0.1) is 6.92 Å². The molecule has 0 atom stereocenters. The summed E-state index contributed by atoms with van der Waals surface area (Å²) in [6.07, 6.45) is 0. The van der Waals surface area contributed by atoms with Gasteiger partial charge < -0.3 is 10.1 Å². The quantitative estimate of drug-likeness (QED) is 0.847. The second-order valence-corrected chi connectivity index (χ2v) is 4.45. The van der Waals surface area contributed by atoms with Gasteiger partial charge in [-0.3, -0.25) is 10.00 Å². The summed E-state index contributed by atoms with van der Waals surface area (Å²) < 4.78 is 6.29. The Morgan fingerprint density at radius 2 is 2.00 bits per heavy atom. The number of rotatable bonds is 3. The molecular formula is C14H16N4O3. The van der Waals surface area contributed by atoms with Gasteiger partial charge in [-0.2, -0.15) is 5.10 Å². The van der Waals surface area contributed by atoms with Gasteiger partial charge in [0.05, 0.1) is 12.7 Å². The number of aromatic nitrogens is 2. The molecule has 2 rings (SSSR count). The maximum absolute atomic E-state index is 11.9. The predicted molar refractivity (Wildman–Crippen MR) is 78.4 cm³/mol. The van der Waals surface area contributed by atoms with Crippen LogP contribution in [-0.2, 0) is 11.8 Å². The average molecular weight is 288 g/mol. The molecule has 1 aromatic heterocycles. The van der Waals surface area contributed by atoms with E-state index in [1.165, 1.54) is 13.2 Å². The number of ether oxygens (including phenoxy) is 1. The summed E-state index contributed by atoms with van der Waals surface area (Å²) in [5.41, 5.74) is 1.78. The van der Waals surface area contributed by atoms with Gasteiger partial charge in [-0.15, -0.1) is 0 Å². The Kier molecular flexibility index (Phi) is 4.22. The summed E-state index contributed by atoms with van der Waals surface area (Å²) in [6.45, 7) is 1.88. The molecule has 1 heterocycles. The molecule has 0 aliphatic heterocycles. The standard InChI is InChI=1S/C14H16N4O3/c1-9-7-12(17-18(9)2)16-14(20)15-11-6-4-5-10(8-11)13(19)21-3/h4-8H,1-3H3,(H2,15,16,17,20). The number of methoxy groups -OCH3 is 1. The number of benzene rings is 1. The predicted octanol–water partition coefficient (Wildman–Crippen LogP) is 2.16. The lowest BCUT2D eigenvalue weighted by molar-refractivity contribution is 0.0600. The maximum atomic E-state index is 11.9. The Hall–Kier alpha value is -2.83. The van der Waals surface area contributed by atoms with Crippen molar-refractivity contribution in [3.63, 3.8) is 0 Å². The molecule has 2 aromatic rings. The zero-order valence-electron chi connectivity index (χ0n) is 12.0. The SMILES string of the molecule is COC(=O)c1cccc(NC(=O)Nc2cc(C)n(C)n2)c1. The average Bonchev–Trinajstić information content (AvgIpc) is 2.76. The van der Waals surface area contributed by atoms with Crippen molar-refractivity contribution >= 4 is 23.5 Å². The van der Waals surface area contributed by atoms with Crippen LogP contribution in [0.5, 0.6) is 0 Å². The van der Waals surface area contributed by atoms with Gasteiger partial charge in [0.25, 0.3) is 0 Å². The van der Waals surface area contributed by atoms with E-state index in [-0.39, 0.29) is 0 Å². The number of hydrogen-bond acceptors (Lipinski definition) is 4. The van der Waals surface area contributed by atoms with Crippen molar-refractivity contribution in [1.29, 1.82) is 0 Å². The molecule has 1 aromatic carbocycles. The second-order valence-electron chi connectivity index (χ2n) is 4.45. The summed E-state index contributed by atoms with van der Waals surface area (Å²) in [7, 11) is 3.09. The first-order valence-corrected chi connectivity index (χ1v) is 6.26. The number of hydrogen-bond donors (Lipinski definition) is 2. The fourth-order valence-corrected chi connectivity index (χ4v) is 1.74. The molecule has 7 nitrogen and oxygen atoms in total. The molecule has 0 unspecified atom stereocenters. The number of esters is 1. The van der Waals surface area contributed by atoms with E-state index < -0.39 is 12.0 Å². The number of anilines is 2. The lowest BCUT2D eigenvalue weighted by atomic mass is 10.2. The van der Waals surface area contributed by atoms with Crippen LogP contribution in [0.1, 0.15) is 16.1 Å². The molecule has 0 aliphatic carbocycles. The number of nitrogens with one attached hydrogen (secondary N) is 2. The minimum Gasteiger partial charge on any atom is -0.465 e. The van der Waals surface area contributed by atoms with E-state index in [9.17, 15) is 9.59 Å². The molecule has 0 bridgehead atoms. The van der Waals surface area contributed by atoms with Crippen molar-refractivity contribution in [2.45, 2.75) is 6.92 Å². The van der Waals surface area contributed by atoms with E-state index in [4.69, 9.17) is 0 Å². The fraction of sp³-hybridized carbons (Fsp3) is 0.214. The third-order valence-corrected chi connectivity index (χ3v) is 2.90. The highest BCUT2D eigenvalue weighted by molar-refractivity contribution is 6.00. The Balaban J connectivity index is 2.04. The zero-order chi connectivity index (χ0) is 15.4. The Morgan fingerprint density at radius 1 is 1.24 bits per heavy atom. The summed E-state index contributed by atoms with van der Waals surface area (Å²) >= 11 is 0. The van der Waals surface area contributed by atoms with E-state index in [1.54, 1.807) is 36.0 Å². The van der Waals surface area contributed by atoms with E-state index in [0.29, 0.717) is 17.1 Å². The van der Waals surface area contributed by atoms with Gasteiger partial charge in [0.2, 0.25) is 0 Å². The first-order chi connectivity index (χ1) is 9.99. The normalized spacial score (nSPS) is 10.0. The van der Waals surface area contributed by atoms with Crippen LogP contribution in [-0.4, -0.2) is 28.9 Å². The van der Waals surface area contributed by atoms with Gasteiger partial charge in [0.1, 0.15) is 0 Å². The topological polar surface area (TPSA) is 85.2 Å². The first-order valence-electron chi connectivity index (χ1n) is 6.26. The van der Waals surface area contributed by atoms with Crippen LogP contribution in [0.2, 0.25) is 0 Å². The van der Waals surface area contributed by atoms with E-state index in [1.807, 2.05) is 6.92 Å². The van der Waals surface area contributed by atoms with E-state index in [0.717, 1.165) is 5.69 Å². The molecule has 0 aliphatic rings. The minimum absolute atomic E-state index is 0.365. The van der Waals surface area contributed by atoms with E-state index >= 15 is 0 Å². The van der Waals surface area contributed by atoms with Crippen LogP contribution in [0.15, 0.2) is 30.3 Å². The Bertz CT molecular complexity index is 659. The number of aryl methyl sites for hydroxylation is 2. The highest BCUT2D eigenvalue weighted by Crippen LogP contribution is 2.13. The number of amides is 2. The summed E-state index contributed by atoms with van der Waals surface area (Å²) in [5.74, 6) is -0.00367. The molecule has 2 amide bonds. The van der Waals surface area contributed by atoms with Crippen LogP contribution in [0.3, 0.4) is 0 Å². The minimum atomic E-state index is -0.459. The Morgan fingerprint density at radius 3 is 2.62 bits per heavy atom. The molecule has 0 saturated heterocycles. The summed E-state index contributed by atoms with van der Waals surface area (Å²) in [5, 5.41) is 9.37. The lowest BCUT2D eigenvalue weighted by Gasteiger charge is -2.07. The van der Waals surface area contributed by atoms with Gasteiger partial charge in [0.15, 0.2) is 5.82 Å². The van der Waals surface area contributed by atoms with Crippen LogP contribution in [0.25, 0.3) is 0 Å². The molecule has 0 spiro atoms. The largest absolute Gasteiger partial charge is 0.465 e. The van der Waals surface area contributed by atoms with Crippen LogP contribution < -0.4 is 10.6 Å². The van der Waals surface area contributed by atoms with Crippen molar-refractivity contribution in [3.05, 3.63) is 41.6 Å². The summed E-state index contributed by atoms with van der Waals surface area (Å²) in [4.78, 5) is 23.3. The second kappa shape index (κ2) is 6.08. The fourth-order valence-electron chi connectivity index (χ4n) is 1.74. The maximum Gasteiger partial charge on any atom is 0.337 e. The summed E-state index contributed by atoms with van der Waals surface area (Å²) in [6, 6.07) is 7.80. The third kappa shape index (κ3) is 3.59. The monoisotopic (exact) mass is 288 g/mol. The van der Waals surface area contributed by atoms with E-state index in [2.05, 4.69) is 20.5 Å². The molecular weight excluding hydrogens is 272 g/mol. The molecule has 7 heteroatoms. The number of carbonyl (C=O) groups is 2. The van der Waals surface area contributed by atoms with Crippen molar-refractivity contribution in [1.82, 2.24) is 9.78 Å². The highest BCUT2D eigenvalue weighted by atomic mass is 16.5. The highest BCUT2D eigenvalue weighted by Gasteiger charge is 2.09. The van der Waals surface area contributed by atoms with Gasteiger partial charge >= 0.3 is 12.0 Å². The van der Waals surface area contributed by atoms with Crippen LogP contribution in [0.4, 0.5) is 16.3 Å². The number of carbonyl (C=O) groups excluding carboxylic acids is 2. The first kappa shape index (κ1) is 14.6. The van der Waals surface area contributed by atoms with Crippen molar-refractivity contribution in [3.8, 4) is 0 Å². The van der Waals surface area contributed by atoms with Crippen molar-refractivity contribution in [2.24, 2.45) is 7.05 Å². The molecule has 110 valence electrons. The van der Waals surface area contributed by atoms with Gasteiger partial charge in [0, 0.05) is 24.5 Å². The smallest absolute Gasteiger partial charge is 0.337 e. The van der Waals surface area contributed by atoms with Crippen molar-refractivity contribution < 1.29 is 14.3 Å². The van der Waals surface area contributed by atoms with Gasteiger partial charge in [-0.05, 0) is 25.1 Å². The Labute approximate surface area is 121 Å². The number of nitrogens with zero attached hydrogens (tertiary/aromatic N) is 2. The molecule has 0 fully saturated rings. The van der Waals surface area contributed by atoms with Gasteiger partial charge in [-0.25, -0.2) is 9.59 Å². The van der Waals surface area contributed by atoms with Crippen LogP contribution >= 0.6 is 0 Å². The van der Waals surface area contributed by atoms with Gasteiger partial charge in [-0.1, -0.05) is 6.07 Å². The van der Waals surface area contributed by atoms with Crippen molar-refractivity contribution in [2.75, 3.05) is 17.7 Å². The molecule has 0 radical (unpaired) electrons. The lowest BCUT2D eigenvalue weighted by Crippen LogP contribution is -2.20. The third-order valence-electron chi connectivity index (χ3n) is 2.90. The molecule has 0 saturated carbocycles. The number of urea groups is 1.